The summed E-state index contributed by atoms with van der Waals surface area (Å²) in [5.74, 6) is -0.813. The molecule has 4 aliphatic rings. The maximum Gasteiger partial charge on any atom is 0.455 e. The highest BCUT2D eigenvalue weighted by Crippen LogP contribution is 2.51. The van der Waals surface area contributed by atoms with Crippen LogP contribution < -0.4 is 0 Å². The Bertz CT molecular complexity index is 1450. The molecule has 2 aromatic rings. The lowest BCUT2D eigenvalue weighted by molar-refractivity contribution is -0.144. The highest BCUT2D eigenvalue weighted by molar-refractivity contribution is 9.10. The van der Waals surface area contributed by atoms with Crippen LogP contribution in [0, 0.1) is 17.8 Å². The minimum Gasteiger partial charge on any atom is -0.507 e. The molecular weight excluding hydrogens is 619 g/mol. The minimum absolute atomic E-state index is 0.0255. The molecule has 2 amide bonds. The van der Waals surface area contributed by atoms with Crippen LogP contribution in [0.2, 0.25) is 6.32 Å². The van der Waals surface area contributed by atoms with E-state index in [1.54, 1.807) is 11.0 Å². The predicted molar refractivity (Wildman–Crippen MR) is 175 cm³/mol. The monoisotopic (exact) mass is 660 g/mol. The molecular formula is C35H42BBrN2O5. The van der Waals surface area contributed by atoms with Gasteiger partial charge in [-0.1, -0.05) is 70.4 Å². The van der Waals surface area contributed by atoms with Crippen LogP contribution in [0.3, 0.4) is 0 Å². The number of phenols is 1. The van der Waals surface area contributed by atoms with Gasteiger partial charge in [0, 0.05) is 35.7 Å². The van der Waals surface area contributed by atoms with Gasteiger partial charge in [0.25, 0.3) is 0 Å². The van der Waals surface area contributed by atoms with Crippen molar-refractivity contribution in [1.82, 2.24) is 9.80 Å². The Morgan fingerprint density at radius 3 is 2.57 bits per heavy atom. The minimum atomic E-state index is -0.971. The van der Waals surface area contributed by atoms with Crippen LogP contribution >= 0.6 is 15.9 Å². The number of halogens is 1. The van der Waals surface area contributed by atoms with Crippen LogP contribution in [-0.4, -0.2) is 64.1 Å². The van der Waals surface area contributed by atoms with E-state index in [2.05, 4.69) is 58.9 Å². The van der Waals surface area contributed by atoms with E-state index in [1.165, 1.54) is 11.1 Å². The van der Waals surface area contributed by atoms with Gasteiger partial charge >= 0.3 is 7.12 Å². The first-order valence-corrected chi connectivity index (χ1v) is 16.9. The summed E-state index contributed by atoms with van der Waals surface area (Å²) >= 11 is 3.49. The zero-order valence-electron chi connectivity index (χ0n) is 25.6. The van der Waals surface area contributed by atoms with Gasteiger partial charge in [0.05, 0.1) is 17.9 Å². The zero-order valence-corrected chi connectivity index (χ0v) is 27.2. The summed E-state index contributed by atoms with van der Waals surface area (Å²) < 4.78 is 7.03. The van der Waals surface area contributed by atoms with Crippen molar-refractivity contribution in [1.29, 1.82) is 0 Å². The van der Waals surface area contributed by atoms with E-state index in [0.29, 0.717) is 19.2 Å². The normalized spacial score (nSPS) is 26.8. The molecule has 2 aromatic carbocycles. The second-order valence-electron chi connectivity index (χ2n) is 12.9. The summed E-state index contributed by atoms with van der Waals surface area (Å²) in [5, 5.41) is 21.2. The average molecular weight is 661 g/mol. The molecule has 0 spiro atoms. The number of carbonyl (C=O) groups is 2. The van der Waals surface area contributed by atoms with Crippen molar-refractivity contribution in [2.75, 3.05) is 13.1 Å². The Labute approximate surface area is 269 Å². The van der Waals surface area contributed by atoms with Crippen LogP contribution in [0.5, 0.6) is 5.75 Å². The zero-order chi connectivity index (χ0) is 31.0. The van der Waals surface area contributed by atoms with Crippen LogP contribution in [0.15, 0.2) is 69.7 Å². The van der Waals surface area contributed by atoms with Gasteiger partial charge in [0.2, 0.25) is 11.8 Å². The molecule has 2 N–H and O–H groups in total. The number of carbonyl (C=O) groups excluding carboxylic acids is 2. The van der Waals surface area contributed by atoms with Crippen LogP contribution in [0.25, 0.3) is 6.08 Å². The molecule has 0 unspecified atom stereocenters. The summed E-state index contributed by atoms with van der Waals surface area (Å²) in [7, 11) is -0.971. The van der Waals surface area contributed by atoms with Crippen LogP contribution in [0.1, 0.15) is 63.5 Å². The lowest BCUT2D eigenvalue weighted by Gasteiger charge is -2.42. The topological polar surface area (TPSA) is 90.3 Å². The molecule has 232 valence electrons. The molecule has 4 atom stereocenters. The predicted octanol–water partition coefficient (Wildman–Crippen LogP) is 6.21. The van der Waals surface area contributed by atoms with Gasteiger partial charge in [-0.25, -0.2) is 0 Å². The Balaban J connectivity index is 1.15. The van der Waals surface area contributed by atoms with E-state index in [0.717, 1.165) is 66.5 Å². The fourth-order valence-electron chi connectivity index (χ4n) is 8.01. The number of nitrogens with zero attached hydrogens (tertiary/aromatic N) is 2. The van der Waals surface area contributed by atoms with E-state index in [9.17, 15) is 19.7 Å². The molecule has 9 heteroatoms. The Hall–Kier alpha value is -2.72. The lowest BCUT2D eigenvalue weighted by atomic mass is 9.58. The largest absolute Gasteiger partial charge is 0.507 e. The third kappa shape index (κ3) is 6.34. The summed E-state index contributed by atoms with van der Waals surface area (Å²) in [6.45, 7) is 6.77. The molecule has 7 nitrogen and oxygen atoms in total. The number of allylic oxidation sites excluding steroid dienone is 2. The van der Waals surface area contributed by atoms with Crippen LogP contribution in [-0.2, 0) is 20.8 Å². The number of piperidine rings is 1. The number of amides is 2. The smallest absolute Gasteiger partial charge is 0.455 e. The maximum absolute atomic E-state index is 14.1. The molecule has 3 saturated heterocycles. The van der Waals surface area contributed by atoms with Crippen molar-refractivity contribution in [3.05, 3.63) is 80.8 Å². The molecule has 0 aromatic heterocycles. The number of imide groups is 1. The highest BCUT2D eigenvalue weighted by atomic mass is 79.9. The number of likely N-dealkylation sites (tertiary alicyclic amines) is 2. The molecule has 1 aliphatic carbocycles. The molecule has 3 heterocycles. The van der Waals surface area contributed by atoms with Gasteiger partial charge in [-0.3, -0.25) is 19.4 Å². The third-order valence-corrected chi connectivity index (χ3v) is 10.7. The van der Waals surface area contributed by atoms with Gasteiger partial charge in [-0.05, 0) is 87.0 Å². The molecule has 0 radical (unpaired) electrons. The second-order valence-corrected chi connectivity index (χ2v) is 13.8. The first-order chi connectivity index (χ1) is 21.2. The van der Waals surface area contributed by atoms with Crippen molar-refractivity contribution in [3.63, 3.8) is 0 Å². The van der Waals surface area contributed by atoms with E-state index >= 15 is 0 Å². The molecule has 3 fully saturated rings. The van der Waals surface area contributed by atoms with Crippen molar-refractivity contribution in [3.8, 4) is 5.75 Å². The van der Waals surface area contributed by atoms with Gasteiger partial charge < -0.3 is 14.8 Å². The fourth-order valence-corrected chi connectivity index (χ4v) is 8.39. The molecule has 6 rings (SSSR count). The molecule has 0 saturated carbocycles. The van der Waals surface area contributed by atoms with Gasteiger partial charge in [0.1, 0.15) is 5.75 Å². The summed E-state index contributed by atoms with van der Waals surface area (Å²) in [6, 6.07) is 15.7. The van der Waals surface area contributed by atoms with E-state index in [4.69, 9.17) is 4.65 Å². The molecule has 44 heavy (non-hydrogen) atoms. The number of hydrogen-bond donors (Lipinski definition) is 2. The Morgan fingerprint density at radius 2 is 1.84 bits per heavy atom. The van der Waals surface area contributed by atoms with E-state index < -0.39 is 13.0 Å². The number of fused-ring (bicyclic) bond motifs is 3. The maximum atomic E-state index is 14.1. The number of phenolic OH excluding ortho intramolecular Hbond substituents is 1. The summed E-state index contributed by atoms with van der Waals surface area (Å²) in [4.78, 5) is 31.9. The first kappa shape index (κ1) is 31.3. The average Bonchev–Trinajstić information content (AvgIpc) is 3.26. The molecule has 0 bridgehead atoms. The fraction of sp³-hybridized carbons (Fsp3) is 0.486. The van der Waals surface area contributed by atoms with Gasteiger partial charge in [-0.2, -0.15) is 0 Å². The quantitative estimate of drug-likeness (QED) is 0.199. The van der Waals surface area contributed by atoms with Crippen LogP contribution in [0.4, 0.5) is 0 Å². The highest BCUT2D eigenvalue weighted by Gasteiger charge is 2.58. The second kappa shape index (κ2) is 13.3. The number of hydrogen-bond acceptors (Lipinski definition) is 6. The lowest BCUT2D eigenvalue weighted by Crippen LogP contribution is -2.48. The van der Waals surface area contributed by atoms with Crippen molar-refractivity contribution in [2.24, 2.45) is 17.8 Å². The number of benzene rings is 2. The summed E-state index contributed by atoms with van der Waals surface area (Å²) in [5.41, 5.74) is 5.44. The van der Waals surface area contributed by atoms with Crippen molar-refractivity contribution >= 4 is 40.9 Å². The van der Waals surface area contributed by atoms with Crippen molar-refractivity contribution in [2.45, 2.75) is 77.4 Å². The number of rotatable bonds is 8. The van der Waals surface area contributed by atoms with Crippen molar-refractivity contribution < 1.29 is 24.4 Å². The van der Waals surface area contributed by atoms with Gasteiger partial charge in [-0.15, -0.1) is 0 Å². The summed E-state index contributed by atoms with van der Waals surface area (Å²) in [6.07, 6.45) is 6.43. The first-order valence-electron chi connectivity index (χ1n) is 16.1. The van der Waals surface area contributed by atoms with E-state index in [1.807, 2.05) is 24.3 Å². The van der Waals surface area contributed by atoms with E-state index in [-0.39, 0.29) is 41.5 Å². The SMILES string of the molecule is CC/C(=C\c1cc(Br)ccc1O)CC[C@H]1OB(O)C[C@H]2C1=C(C)C[C@H]1C(=O)N(C3CCN(Cc4ccccc4)CC3)C(=O)[C@H]12. The Morgan fingerprint density at radius 1 is 1.09 bits per heavy atom. The third-order valence-electron chi connectivity index (χ3n) is 10.2. The van der Waals surface area contributed by atoms with Gasteiger partial charge in [0.15, 0.2) is 0 Å². The number of aromatic hydroxyl groups is 1. The molecule has 3 aliphatic heterocycles. The Kier molecular flexibility index (Phi) is 9.48. The standard InChI is InChI=1S/C35H42BBrN2O5/c1-3-23(18-25-19-26(37)10-11-30(25)40)9-12-31-32-22(2)17-28-33(29(32)20-36(43)44-31)35(42)39(34(28)41)27-13-15-38(16-14-27)21-24-7-5-4-6-8-24/h4-8,10-11,18-19,27-29,31,33,40,43H,3,9,12-17,20-21H2,1-2H3/b23-18+/t28-,29+,31-,33-/m1/s1.